The number of ether oxygens (including phenoxy) is 3. The van der Waals surface area contributed by atoms with Crippen molar-refractivity contribution in [1.82, 2.24) is 4.90 Å². The van der Waals surface area contributed by atoms with E-state index in [0.29, 0.717) is 30.9 Å². The number of piperidine rings is 1. The van der Waals surface area contributed by atoms with E-state index in [4.69, 9.17) is 19.9 Å². The van der Waals surface area contributed by atoms with Gasteiger partial charge in [-0.3, -0.25) is 14.4 Å². The van der Waals surface area contributed by atoms with Gasteiger partial charge in [0.1, 0.15) is 6.04 Å². The average Bonchev–Trinajstić information content (AvgIpc) is 2.69. The lowest BCUT2D eigenvalue weighted by Gasteiger charge is -2.33. The van der Waals surface area contributed by atoms with Crippen LogP contribution in [0.2, 0.25) is 0 Å². The van der Waals surface area contributed by atoms with Crippen LogP contribution in [0.3, 0.4) is 0 Å². The summed E-state index contributed by atoms with van der Waals surface area (Å²) < 4.78 is 15.5. The van der Waals surface area contributed by atoms with E-state index in [0.717, 1.165) is 18.4 Å². The number of nitrogens with zero attached hydrogens (tertiary/aromatic N) is 1. The summed E-state index contributed by atoms with van der Waals surface area (Å²) in [5.41, 5.74) is 6.24. The summed E-state index contributed by atoms with van der Waals surface area (Å²) >= 11 is 0. The van der Waals surface area contributed by atoms with Crippen molar-refractivity contribution in [2.24, 2.45) is 5.73 Å². The number of carbonyl (C=O) groups excluding carboxylic acids is 3. The van der Waals surface area contributed by atoms with Crippen molar-refractivity contribution in [3.8, 4) is 11.5 Å². The van der Waals surface area contributed by atoms with Crippen LogP contribution in [0, 0.1) is 0 Å². The Hall–Kier alpha value is -2.77. The Morgan fingerprint density at radius 1 is 1.15 bits per heavy atom. The fourth-order valence-electron chi connectivity index (χ4n) is 3.11. The molecule has 27 heavy (non-hydrogen) atoms. The molecule has 0 saturated carbocycles. The van der Waals surface area contributed by atoms with Crippen LogP contribution in [0.25, 0.3) is 0 Å². The number of likely N-dealkylation sites (tertiary alicyclic amines) is 1. The van der Waals surface area contributed by atoms with Crippen LogP contribution < -0.4 is 15.2 Å². The van der Waals surface area contributed by atoms with Gasteiger partial charge in [0.15, 0.2) is 18.1 Å². The first-order chi connectivity index (χ1) is 13.0. The number of rotatable bonds is 8. The van der Waals surface area contributed by atoms with Gasteiger partial charge in [-0.25, -0.2) is 0 Å². The van der Waals surface area contributed by atoms with Gasteiger partial charge >= 0.3 is 5.97 Å². The minimum Gasteiger partial charge on any atom is -0.493 e. The molecule has 1 heterocycles. The number of hydrogen-bond acceptors (Lipinski definition) is 6. The van der Waals surface area contributed by atoms with Crippen LogP contribution in [-0.4, -0.2) is 56.1 Å². The molecule has 8 heteroatoms. The molecule has 2 N–H and O–H groups in total. The van der Waals surface area contributed by atoms with Crippen molar-refractivity contribution in [3.05, 3.63) is 23.8 Å². The van der Waals surface area contributed by atoms with Crippen molar-refractivity contribution >= 4 is 17.8 Å². The second kappa shape index (κ2) is 9.80. The van der Waals surface area contributed by atoms with Gasteiger partial charge in [-0.1, -0.05) is 6.07 Å². The Morgan fingerprint density at radius 3 is 2.56 bits per heavy atom. The SMILES string of the molecule is COc1ccc(CCC(=O)OCC(=O)N2CCCC[C@H]2C(N)=O)cc1OC. The fraction of sp³-hybridized carbons (Fsp3) is 0.526. The van der Waals surface area contributed by atoms with Crippen LogP contribution in [0.4, 0.5) is 0 Å². The molecule has 1 aliphatic heterocycles. The first-order valence-corrected chi connectivity index (χ1v) is 8.91. The smallest absolute Gasteiger partial charge is 0.306 e. The first kappa shape index (κ1) is 20.5. The third-order valence-electron chi connectivity index (χ3n) is 4.57. The maximum atomic E-state index is 12.3. The van der Waals surface area contributed by atoms with Crippen LogP contribution in [0.1, 0.15) is 31.2 Å². The monoisotopic (exact) mass is 378 g/mol. The Bertz CT molecular complexity index is 691. The zero-order valence-electron chi connectivity index (χ0n) is 15.7. The Labute approximate surface area is 158 Å². The molecular weight excluding hydrogens is 352 g/mol. The third kappa shape index (κ3) is 5.60. The van der Waals surface area contributed by atoms with E-state index in [9.17, 15) is 14.4 Å². The third-order valence-corrected chi connectivity index (χ3v) is 4.57. The Morgan fingerprint density at radius 2 is 1.89 bits per heavy atom. The molecule has 1 atom stereocenters. The molecule has 1 saturated heterocycles. The fourth-order valence-corrected chi connectivity index (χ4v) is 3.11. The number of aryl methyl sites for hydroxylation is 1. The number of esters is 1. The van der Waals surface area contributed by atoms with E-state index in [2.05, 4.69) is 0 Å². The molecule has 0 aliphatic carbocycles. The van der Waals surface area contributed by atoms with Gasteiger partial charge in [-0.05, 0) is 43.4 Å². The number of primary amides is 1. The highest BCUT2D eigenvalue weighted by atomic mass is 16.5. The molecule has 8 nitrogen and oxygen atoms in total. The summed E-state index contributed by atoms with van der Waals surface area (Å²) in [6.07, 6.45) is 2.78. The lowest BCUT2D eigenvalue weighted by atomic mass is 10.0. The van der Waals surface area contributed by atoms with Gasteiger partial charge in [-0.15, -0.1) is 0 Å². The zero-order chi connectivity index (χ0) is 19.8. The lowest BCUT2D eigenvalue weighted by Crippen LogP contribution is -2.51. The molecule has 0 radical (unpaired) electrons. The minimum absolute atomic E-state index is 0.127. The second-order valence-electron chi connectivity index (χ2n) is 6.35. The summed E-state index contributed by atoms with van der Waals surface area (Å²) in [4.78, 5) is 37.1. The lowest BCUT2D eigenvalue weighted by molar-refractivity contribution is -0.154. The molecule has 0 unspecified atom stereocenters. The van der Waals surface area contributed by atoms with E-state index in [1.807, 2.05) is 6.07 Å². The molecular formula is C19H26N2O6. The minimum atomic E-state index is -0.614. The van der Waals surface area contributed by atoms with E-state index in [-0.39, 0.29) is 13.0 Å². The van der Waals surface area contributed by atoms with E-state index < -0.39 is 23.8 Å². The number of hydrogen-bond donors (Lipinski definition) is 1. The predicted molar refractivity (Wildman–Crippen MR) is 97.4 cm³/mol. The second-order valence-corrected chi connectivity index (χ2v) is 6.35. The number of benzene rings is 1. The van der Waals surface area contributed by atoms with Crippen LogP contribution in [-0.2, 0) is 25.5 Å². The van der Waals surface area contributed by atoms with E-state index >= 15 is 0 Å². The number of carbonyl (C=O) groups is 3. The van der Waals surface area contributed by atoms with Crippen LogP contribution >= 0.6 is 0 Å². The molecule has 1 aromatic carbocycles. The maximum Gasteiger partial charge on any atom is 0.306 e. The van der Waals surface area contributed by atoms with Crippen molar-refractivity contribution in [2.45, 2.75) is 38.1 Å². The first-order valence-electron chi connectivity index (χ1n) is 8.91. The maximum absolute atomic E-state index is 12.3. The van der Waals surface area contributed by atoms with Crippen molar-refractivity contribution < 1.29 is 28.6 Å². The Kier molecular flexibility index (Phi) is 7.45. The van der Waals surface area contributed by atoms with Crippen LogP contribution in [0.5, 0.6) is 11.5 Å². The highest BCUT2D eigenvalue weighted by Crippen LogP contribution is 2.28. The molecule has 1 aliphatic rings. The van der Waals surface area contributed by atoms with Gasteiger partial charge in [-0.2, -0.15) is 0 Å². The molecule has 1 aromatic rings. The largest absolute Gasteiger partial charge is 0.493 e. The van der Waals surface area contributed by atoms with Crippen molar-refractivity contribution in [2.75, 3.05) is 27.4 Å². The number of amides is 2. The highest BCUT2D eigenvalue weighted by molar-refractivity contribution is 5.88. The van der Waals surface area contributed by atoms with E-state index in [1.54, 1.807) is 26.4 Å². The summed E-state index contributed by atoms with van der Waals surface area (Å²) in [5, 5.41) is 0. The van der Waals surface area contributed by atoms with Crippen molar-refractivity contribution in [3.63, 3.8) is 0 Å². The molecule has 148 valence electrons. The highest BCUT2D eigenvalue weighted by Gasteiger charge is 2.30. The molecule has 2 amide bonds. The van der Waals surface area contributed by atoms with Gasteiger partial charge in [0.2, 0.25) is 5.91 Å². The molecule has 2 rings (SSSR count). The number of nitrogens with two attached hydrogens (primary N) is 1. The molecule has 0 bridgehead atoms. The van der Waals surface area contributed by atoms with Crippen LogP contribution in [0.15, 0.2) is 18.2 Å². The van der Waals surface area contributed by atoms with Gasteiger partial charge in [0, 0.05) is 13.0 Å². The zero-order valence-corrected chi connectivity index (χ0v) is 15.7. The Balaban J connectivity index is 1.82. The molecule has 0 aromatic heterocycles. The number of methoxy groups -OCH3 is 2. The topological polar surface area (TPSA) is 108 Å². The van der Waals surface area contributed by atoms with Gasteiger partial charge < -0.3 is 24.8 Å². The van der Waals surface area contributed by atoms with Crippen molar-refractivity contribution in [1.29, 1.82) is 0 Å². The molecule has 0 spiro atoms. The standard InChI is InChI=1S/C19H26N2O6/c1-25-15-8-6-13(11-16(15)26-2)7-9-18(23)27-12-17(22)21-10-4-3-5-14(21)19(20)24/h6,8,11,14H,3-5,7,9-10,12H2,1-2H3,(H2,20,24)/t14-/m0/s1. The molecule has 1 fully saturated rings. The van der Waals surface area contributed by atoms with Gasteiger partial charge in [0.05, 0.1) is 14.2 Å². The summed E-state index contributed by atoms with van der Waals surface area (Å²) in [7, 11) is 3.10. The van der Waals surface area contributed by atoms with E-state index in [1.165, 1.54) is 4.90 Å². The summed E-state index contributed by atoms with van der Waals surface area (Å²) in [6.45, 7) is 0.0736. The normalized spacial score (nSPS) is 16.5. The summed E-state index contributed by atoms with van der Waals surface area (Å²) in [6, 6.07) is 4.79. The predicted octanol–water partition coefficient (Wildman–Crippen LogP) is 1.05. The summed E-state index contributed by atoms with van der Waals surface area (Å²) in [5.74, 6) is -0.201. The van der Waals surface area contributed by atoms with Gasteiger partial charge in [0.25, 0.3) is 5.91 Å². The average molecular weight is 378 g/mol. The quantitative estimate of drug-likeness (QED) is 0.677.